The Kier molecular flexibility index (Phi) is 4.91. The third kappa shape index (κ3) is 3.95. The normalized spacial score (nSPS) is 12.1. The monoisotopic (exact) mass is 383 g/mol. The van der Waals surface area contributed by atoms with Crippen molar-refractivity contribution < 1.29 is 13.3 Å². The summed E-state index contributed by atoms with van der Waals surface area (Å²) in [6.07, 6.45) is 0. The van der Waals surface area contributed by atoms with Gasteiger partial charge in [-0.3, -0.25) is 10.1 Å². The van der Waals surface area contributed by atoms with Crippen LogP contribution in [0.5, 0.6) is 0 Å². The van der Waals surface area contributed by atoms with Crippen molar-refractivity contribution >= 4 is 32.2 Å². The molecule has 8 heteroatoms. The van der Waals surface area contributed by atoms with Crippen molar-refractivity contribution in [2.24, 2.45) is 5.10 Å². The molecule has 0 unspecified atom stereocenters. The number of nitro groups is 1. The van der Waals surface area contributed by atoms with Crippen molar-refractivity contribution in [3.63, 3.8) is 0 Å². The number of nitrogens with zero attached hydrogens (tertiary/aromatic N) is 2. The van der Waals surface area contributed by atoms with Crippen LogP contribution in [0.2, 0.25) is 0 Å². The second-order valence-corrected chi connectivity index (χ2v) is 7.72. The first-order valence-corrected chi connectivity index (χ1v) is 9.56. The number of nitro benzene ring substituents is 1. The van der Waals surface area contributed by atoms with Gasteiger partial charge in [-0.15, -0.1) is 0 Å². The molecule has 27 heavy (non-hydrogen) atoms. The number of hydrogen-bond acceptors (Lipinski definition) is 5. The topological polar surface area (TPSA) is 102 Å². The van der Waals surface area contributed by atoms with E-state index in [1.807, 2.05) is 42.5 Å². The number of nitrogens with one attached hydrogen (secondary N) is 1. The molecule has 0 amide bonds. The Morgan fingerprint density at radius 1 is 1.04 bits per heavy atom. The molecule has 0 aliphatic carbocycles. The van der Waals surface area contributed by atoms with E-state index in [2.05, 4.69) is 9.93 Å². The molecule has 3 rings (SSSR count). The minimum Gasteiger partial charge on any atom is -0.258 e. The molecular weight excluding hydrogens is 366 g/mol. The molecule has 0 saturated carbocycles. The predicted molar refractivity (Wildman–Crippen MR) is 104 cm³/mol. The van der Waals surface area contributed by atoms with Gasteiger partial charge in [0.05, 0.1) is 15.5 Å². The minimum absolute atomic E-state index is 0.213. The molecule has 0 heterocycles. The summed E-state index contributed by atoms with van der Waals surface area (Å²) in [5, 5.41) is 17.1. The van der Waals surface area contributed by atoms with Crippen LogP contribution in [0.4, 0.5) is 5.69 Å². The van der Waals surface area contributed by atoms with E-state index in [4.69, 9.17) is 0 Å². The first-order valence-electron chi connectivity index (χ1n) is 8.08. The van der Waals surface area contributed by atoms with Gasteiger partial charge < -0.3 is 0 Å². The van der Waals surface area contributed by atoms with Crippen LogP contribution in [0.15, 0.2) is 70.7 Å². The van der Waals surface area contributed by atoms with Crippen molar-refractivity contribution in [2.45, 2.75) is 18.7 Å². The Labute approximate surface area is 156 Å². The average molecular weight is 383 g/mol. The molecule has 0 bridgehead atoms. The van der Waals surface area contributed by atoms with Gasteiger partial charge in [0, 0.05) is 11.6 Å². The molecular formula is C19H17N3O4S. The Bertz CT molecular complexity index is 1170. The second kappa shape index (κ2) is 7.16. The van der Waals surface area contributed by atoms with E-state index < -0.39 is 14.9 Å². The maximum atomic E-state index is 12.4. The highest BCUT2D eigenvalue weighted by Gasteiger charge is 2.19. The van der Waals surface area contributed by atoms with Gasteiger partial charge in [0.15, 0.2) is 0 Å². The summed E-state index contributed by atoms with van der Waals surface area (Å²) in [5.74, 6) is 0. The zero-order chi connectivity index (χ0) is 19.6. The molecule has 3 aromatic rings. The lowest BCUT2D eigenvalue weighted by molar-refractivity contribution is -0.385. The Balaban J connectivity index is 1.88. The van der Waals surface area contributed by atoms with Crippen molar-refractivity contribution in [3.8, 4) is 0 Å². The number of sulfonamides is 1. The zero-order valence-corrected chi connectivity index (χ0v) is 15.5. The molecule has 0 spiro atoms. The van der Waals surface area contributed by atoms with E-state index in [-0.39, 0.29) is 10.6 Å². The highest BCUT2D eigenvalue weighted by molar-refractivity contribution is 7.89. The molecule has 0 atom stereocenters. The van der Waals surface area contributed by atoms with Crippen LogP contribution in [0, 0.1) is 17.0 Å². The van der Waals surface area contributed by atoms with Gasteiger partial charge in [-0.1, -0.05) is 42.5 Å². The standard InChI is InChI=1S/C19H17N3O4S/c1-13-7-10-18(12-19(13)22(23)24)27(25,26)21-20-14(2)16-9-8-15-5-3-4-6-17(15)11-16/h3-12,21H,1-2H3/b20-14+. The van der Waals surface area contributed by atoms with Crippen LogP contribution in [0.1, 0.15) is 18.1 Å². The average Bonchev–Trinajstić information content (AvgIpc) is 2.65. The lowest BCUT2D eigenvalue weighted by atomic mass is 10.0. The van der Waals surface area contributed by atoms with E-state index in [1.165, 1.54) is 12.1 Å². The van der Waals surface area contributed by atoms with Gasteiger partial charge in [-0.25, -0.2) is 0 Å². The van der Waals surface area contributed by atoms with E-state index in [9.17, 15) is 18.5 Å². The first kappa shape index (κ1) is 18.5. The zero-order valence-electron chi connectivity index (χ0n) is 14.7. The first-order chi connectivity index (χ1) is 12.8. The molecule has 0 saturated heterocycles. The molecule has 7 nitrogen and oxygen atoms in total. The van der Waals surface area contributed by atoms with Crippen LogP contribution < -0.4 is 4.83 Å². The predicted octanol–water partition coefficient (Wildman–Crippen LogP) is 3.76. The summed E-state index contributed by atoms with van der Waals surface area (Å²) < 4.78 is 24.9. The van der Waals surface area contributed by atoms with E-state index in [0.717, 1.165) is 22.4 Å². The van der Waals surface area contributed by atoms with Gasteiger partial charge in [0.25, 0.3) is 15.7 Å². The summed E-state index contributed by atoms with van der Waals surface area (Å²) in [4.78, 5) is 12.3. The van der Waals surface area contributed by atoms with Crippen LogP contribution in [-0.4, -0.2) is 19.1 Å². The number of rotatable bonds is 5. The SMILES string of the molecule is C/C(=N\NS(=O)(=O)c1ccc(C)c([N+](=O)[O-])c1)c1ccc2ccccc2c1. The number of hydrazone groups is 1. The fraction of sp³-hybridized carbons (Fsp3) is 0.105. The molecule has 0 aromatic heterocycles. The lowest BCUT2D eigenvalue weighted by Crippen LogP contribution is -2.20. The highest BCUT2D eigenvalue weighted by Crippen LogP contribution is 2.22. The Morgan fingerprint density at radius 2 is 1.74 bits per heavy atom. The molecule has 1 N–H and O–H groups in total. The maximum absolute atomic E-state index is 12.4. The highest BCUT2D eigenvalue weighted by atomic mass is 32.2. The fourth-order valence-electron chi connectivity index (χ4n) is 2.61. The van der Waals surface area contributed by atoms with Crippen LogP contribution in [-0.2, 0) is 10.0 Å². The smallest absolute Gasteiger partial charge is 0.258 e. The number of benzene rings is 3. The number of hydrogen-bond donors (Lipinski definition) is 1. The van der Waals surface area contributed by atoms with Crippen molar-refractivity contribution in [1.29, 1.82) is 0 Å². The molecule has 0 aliphatic rings. The summed E-state index contributed by atoms with van der Waals surface area (Å²) in [5.41, 5.74) is 1.38. The Hall–Kier alpha value is -3.26. The Morgan fingerprint density at radius 3 is 2.44 bits per heavy atom. The summed E-state index contributed by atoms with van der Waals surface area (Å²) in [6.45, 7) is 3.23. The third-order valence-electron chi connectivity index (χ3n) is 4.19. The summed E-state index contributed by atoms with van der Waals surface area (Å²) >= 11 is 0. The van der Waals surface area contributed by atoms with E-state index >= 15 is 0 Å². The largest absolute Gasteiger partial charge is 0.276 e. The summed E-state index contributed by atoms with van der Waals surface area (Å²) in [6, 6.07) is 17.2. The van der Waals surface area contributed by atoms with Gasteiger partial charge in [-0.05, 0) is 42.3 Å². The third-order valence-corrected chi connectivity index (χ3v) is 5.39. The number of fused-ring (bicyclic) bond motifs is 1. The van der Waals surface area contributed by atoms with Crippen molar-refractivity contribution in [1.82, 2.24) is 4.83 Å². The molecule has 0 radical (unpaired) electrons. The van der Waals surface area contributed by atoms with Gasteiger partial charge in [0.1, 0.15) is 0 Å². The van der Waals surface area contributed by atoms with Gasteiger partial charge >= 0.3 is 0 Å². The molecule has 138 valence electrons. The molecule has 0 fully saturated rings. The van der Waals surface area contributed by atoms with Gasteiger partial charge in [-0.2, -0.15) is 18.4 Å². The van der Waals surface area contributed by atoms with Crippen LogP contribution in [0.3, 0.4) is 0 Å². The number of aryl methyl sites for hydroxylation is 1. The lowest BCUT2D eigenvalue weighted by Gasteiger charge is -2.07. The van der Waals surface area contributed by atoms with E-state index in [0.29, 0.717) is 11.3 Å². The quantitative estimate of drug-likeness (QED) is 0.412. The van der Waals surface area contributed by atoms with Gasteiger partial charge in [0.2, 0.25) is 0 Å². The molecule has 3 aromatic carbocycles. The summed E-state index contributed by atoms with van der Waals surface area (Å²) in [7, 11) is -4.02. The van der Waals surface area contributed by atoms with E-state index in [1.54, 1.807) is 13.8 Å². The maximum Gasteiger partial charge on any atom is 0.276 e. The minimum atomic E-state index is -4.02. The van der Waals surface area contributed by atoms with Crippen LogP contribution in [0.25, 0.3) is 10.8 Å². The molecule has 0 aliphatic heterocycles. The fourth-order valence-corrected chi connectivity index (χ4v) is 3.49. The van der Waals surface area contributed by atoms with Crippen molar-refractivity contribution in [3.05, 3.63) is 81.9 Å². The second-order valence-electron chi connectivity index (χ2n) is 6.06. The van der Waals surface area contributed by atoms with Crippen LogP contribution >= 0.6 is 0 Å². The van der Waals surface area contributed by atoms with Crippen molar-refractivity contribution in [2.75, 3.05) is 0 Å².